The lowest BCUT2D eigenvalue weighted by molar-refractivity contribution is -0.154. The molecule has 1 unspecified atom stereocenters. The van der Waals surface area contributed by atoms with Gasteiger partial charge in [0.2, 0.25) is 0 Å². The van der Waals surface area contributed by atoms with E-state index in [2.05, 4.69) is 48.5 Å². The third kappa shape index (κ3) is 5.45. The van der Waals surface area contributed by atoms with Gasteiger partial charge in [0.25, 0.3) is 0 Å². The predicted octanol–water partition coefficient (Wildman–Crippen LogP) is 6.17. The molecular formula is C29H32O4. The number of carbonyl (C=O) groups excluding carboxylic acids is 1. The van der Waals surface area contributed by atoms with E-state index in [1.807, 2.05) is 24.3 Å². The van der Waals surface area contributed by atoms with Gasteiger partial charge in [0.15, 0.2) is 6.10 Å². The second-order valence-electron chi connectivity index (χ2n) is 8.40. The predicted molar refractivity (Wildman–Crippen MR) is 131 cm³/mol. The topological polar surface area (TPSA) is 44.8 Å². The van der Waals surface area contributed by atoms with Crippen LogP contribution in [0.5, 0.6) is 5.75 Å². The lowest BCUT2D eigenvalue weighted by Crippen LogP contribution is -2.27. The Balaban J connectivity index is 1.24. The molecule has 4 rings (SSSR count). The first kappa shape index (κ1) is 23.1. The summed E-state index contributed by atoms with van der Waals surface area (Å²) < 4.78 is 16.3. The van der Waals surface area contributed by atoms with E-state index in [0.29, 0.717) is 25.6 Å². The summed E-state index contributed by atoms with van der Waals surface area (Å²) in [5.74, 6) is 0.998. The SMILES string of the molecule is CCOC(=O)C(Cc1ccc(OCCCCC2c3ccccc3-c3ccccc32)cc1)OC. The molecule has 1 aliphatic carbocycles. The largest absolute Gasteiger partial charge is 0.494 e. The van der Waals surface area contributed by atoms with Gasteiger partial charge in [0, 0.05) is 19.4 Å². The van der Waals surface area contributed by atoms with E-state index >= 15 is 0 Å². The van der Waals surface area contributed by atoms with Crippen LogP contribution < -0.4 is 4.74 Å². The number of rotatable bonds is 11. The number of hydrogen-bond donors (Lipinski definition) is 0. The molecule has 0 aromatic heterocycles. The van der Waals surface area contributed by atoms with Gasteiger partial charge in [-0.15, -0.1) is 0 Å². The minimum Gasteiger partial charge on any atom is -0.494 e. The fourth-order valence-corrected chi connectivity index (χ4v) is 4.65. The zero-order chi connectivity index (χ0) is 23.0. The minimum absolute atomic E-state index is 0.326. The van der Waals surface area contributed by atoms with Crippen molar-refractivity contribution in [3.8, 4) is 16.9 Å². The second kappa shape index (κ2) is 11.2. The molecule has 3 aromatic rings. The molecule has 33 heavy (non-hydrogen) atoms. The Kier molecular flexibility index (Phi) is 7.79. The second-order valence-corrected chi connectivity index (χ2v) is 8.40. The van der Waals surface area contributed by atoms with Crippen LogP contribution >= 0.6 is 0 Å². The average molecular weight is 445 g/mol. The third-order valence-electron chi connectivity index (χ3n) is 6.30. The van der Waals surface area contributed by atoms with Gasteiger partial charge < -0.3 is 14.2 Å². The molecule has 0 saturated carbocycles. The zero-order valence-electron chi connectivity index (χ0n) is 19.5. The fourth-order valence-electron chi connectivity index (χ4n) is 4.65. The molecule has 0 saturated heterocycles. The maximum atomic E-state index is 11.9. The van der Waals surface area contributed by atoms with Crippen molar-refractivity contribution in [2.24, 2.45) is 0 Å². The normalized spacial score (nSPS) is 13.3. The van der Waals surface area contributed by atoms with Gasteiger partial charge in [-0.3, -0.25) is 0 Å². The molecule has 1 aliphatic rings. The van der Waals surface area contributed by atoms with E-state index in [9.17, 15) is 4.79 Å². The van der Waals surface area contributed by atoms with Crippen molar-refractivity contribution in [3.05, 3.63) is 89.5 Å². The molecule has 4 nitrogen and oxygen atoms in total. The van der Waals surface area contributed by atoms with E-state index in [0.717, 1.165) is 30.6 Å². The molecule has 0 aliphatic heterocycles. The molecule has 3 aromatic carbocycles. The molecule has 0 fully saturated rings. The number of unbranched alkanes of at least 4 members (excludes halogenated alkanes) is 1. The Morgan fingerprint density at radius 3 is 2.12 bits per heavy atom. The Bertz CT molecular complexity index is 1010. The average Bonchev–Trinajstić information content (AvgIpc) is 3.17. The van der Waals surface area contributed by atoms with E-state index in [4.69, 9.17) is 14.2 Å². The van der Waals surface area contributed by atoms with Gasteiger partial charge in [-0.25, -0.2) is 4.79 Å². The van der Waals surface area contributed by atoms with E-state index in [1.165, 1.54) is 29.4 Å². The van der Waals surface area contributed by atoms with E-state index in [-0.39, 0.29) is 5.97 Å². The summed E-state index contributed by atoms with van der Waals surface area (Å²) in [5, 5.41) is 0. The zero-order valence-corrected chi connectivity index (χ0v) is 19.5. The number of methoxy groups -OCH3 is 1. The molecule has 172 valence electrons. The van der Waals surface area contributed by atoms with Crippen molar-refractivity contribution in [1.82, 2.24) is 0 Å². The quantitative estimate of drug-likeness (QED) is 0.262. The van der Waals surface area contributed by atoms with Gasteiger partial charge in [0.1, 0.15) is 5.75 Å². The number of fused-ring (bicyclic) bond motifs is 3. The molecule has 4 heteroatoms. The van der Waals surface area contributed by atoms with Crippen molar-refractivity contribution in [2.45, 2.75) is 44.6 Å². The smallest absolute Gasteiger partial charge is 0.335 e. The molecule has 0 radical (unpaired) electrons. The van der Waals surface area contributed by atoms with E-state index in [1.54, 1.807) is 6.92 Å². The first-order valence-corrected chi connectivity index (χ1v) is 11.8. The summed E-state index contributed by atoms with van der Waals surface area (Å²) in [7, 11) is 1.53. The summed E-state index contributed by atoms with van der Waals surface area (Å²) in [6.07, 6.45) is 3.16. The Hall–Kier alpha value is -3.11. The summed E-state index contributed by atoms with van der Waals surface area (Å²) in [4.78, 5) is 11.9. The number of ether oxygens (including phenoxy) is 3. The van der Waals surface area contributed by atoms with Crippen molar-refractivity contribution < 1.29 is 19.0 Å². The van der Waals surface area contributed by atoms with Crippen LogP contribution in [0.15, 0.2) is 72.8 Å². The van der Waals surface area contributed by atoms with Gasteiger partial charge in [-0.1, -0.05) is 60.7 Å². The lowest BCUT2D eigenvalue weighted by Gasteiger charge is -2.15. The van der Waals surface area contributed by atoms with Crippen molar-refractivity contribution >= 4 is 5.97 Å². The van der Waals surface area contributed by atoms with Gasteiger partial charge >= 0.3 is 5.97 Å². The summed E-state index contributed by atoms with van der Waals surface area (Å²) in [5.41, 5.74) is 6.68. The highest BCUT2D eigenvalue weighted by Crippen LogP contribution is 2.46. The van der Waals surface area contributed by atoms with Crippen LogP contribution in [-0.4, -0.2) is 32.4 Å². The molecule has 0 bridgehead atoms. The molecule has 0 amide bonds. The molecule has 0 spiro atoms. The fraction of sp³-hybridized carbons (Fsp3) is 0.345. The van der Waals surface area contributed by atoms with Crippen LogP contribution in [0.25, 0.3) is 11.1 Å². The summed E-state index contributed by atoms with van der Waals surface area (Å²) >= 11 is 0. The number of benzene rings is 3. The number of hydrogen-bond acceptors (Lipinski definition) is 4. The van der Waals surface area contributed by atoms with Crippen molar-refractivity contribution in [3.63, 3.8) is 0 Å². The maximum absolute atomic E-state index is 11.9. The highest BCUT2D eigenvalue weighted by molar-refractivity contribution is 5.78. The number of esters is 1. The van der Waals surface area contributed by atoms with E-state index < -0.39 is 6.10 Å². The molecule has 0 heterocycles. The first-order chi connectivity index (χ1) is 16.2. The highest BCUT2D eigenvalue weighted by atomic mass is 16.6. The van der Waals surface area contributed by atoms with Crippen LogP contribution in [0.2, 0.25) is 0 Å². The standard InChI is InChI=1S/C29H32O4/c1-3-32-29(30)28(31-2)20-21-15-17-22(18-16-21)33-19-9-8-14-27-25-12-6-4-10-23(25)24-11-5-7-13-26(24)27/h4-7,10-13,15-18,27-28H,3,8-9,14,19-20H2,1-2H3. The summed E-state index contributed by atoms with van der Waals surface area (Å²) in [6, 6.07) is 25.4. The van der Waals surface area contributed by atoms with Crippen LogP contribution in [-0.2, 0) is 20.7 Å². The molecule has 1 atom stereocenters. The molecule has 0 N–H and O–H groups in total. The Morgan fingerprint density at radius 2 is 1.52 bits per heavy atom. The van der Waals surface area contributed by atoms with Crippen molar-refractivity contribution in [1.29, 1.82) is 0 Å². The van der Waals surface area contributed by atoms with Crippen molar-refractivity contribution in [2.75, 3.05) is 20.3 Å². The maximum Gasteiger partial charge on any atom is 0.335 e. The van der Waals surface area contributed by atoms with Gasteiger partial charge in [-0.05, 0) is 66.1 Å². The third-order valence-corrected chi connectivity index (χ3v) is 6.30. The van der Waals surface area contributed by atoms with Crippen LogP contribution in [0.4, 0.5) is 0 Å². The highest BCUT2D eigenvalue weighted by Gasteiger charge is 2.27. The summed E-state index contributed by atoms with van der Waals surface area (Å²) in [6.45, 7) is 2.84. The Morgan fingerprint density at radius 1 is 0.879 bits per heavy atom. The van der Waals surface area contributed by atoms with Crippen LogP contribution in [0.1, 0.15) is 48.8 Å². The van der Waals surface area contributed by atoms with Crippen LogP contribution in [0, 0.1) is 0 Å². The molecular weight excluding hydrogens is 412 g/mol. The van der Waals surface area contributed by atoms with Crippen LogP contribution in [0.3, 0.4) is 0 Å². The monoisotopic (exact) mass is 444 g/mol. The van der Waals surface area contributed by atoms with Gasteiger partial charge in [-0.2, -0.15) is 0 Å². The number of carbonyl (C=O) groups is 1. The van der Waals surface area contributed by atoms with Gasteiger partial charge in [0.05, 0.1) is 13.2 Å². The lowest BCUT2D eigenvalue weighted by atomic mass is 9.92. The Labute approximate surface area is 196 Å². The minimum atomic E-state index is -0.581. The first-order valence-electron chi connectivity index (χ1n) is 11.8.